The van der Waals surface area contributed by atoms with Gasteiger partial charge in [0.25, 0.3) is 11.5 Å². The van der Waals surface area contributed by atoms with E-state index in [0.29, 0.717) is 0 Å². The minimum Gasteiger partial charge on any atom is -0.330 e. The summed E-state index contributed by atoms with van der Waals surface area (Å²) < 4.78 is 42.9. The zero-order chi connectivity index (χ0) is 20.7. The van der Waals surface area contributed by atoms with Crippen molar-refractivity contribution in [3.8, 4) is 5.69 Å². The van der Waals surface area contributed by atoms with Gasteiger partial charge in [-0.3, -0.25) is 19.4 Å². The second-order valence-electron chi connectivity index (χ2n) is 6.15. The van der Waals surface area contributed by atoms with Gasteiger partial charge in [0.05, 0.1) is 5.69 Å². The Morgan fingerprint density at radius 1 is 1.18 bits per heavy atom. The fraction of sp³-hybridized carbons (Fsp3) is 0.294. The molecule has 0 aliphatic carbocycles. The first-order valence-electron chi connectivity index (χ1n) is 8.28. The van der Waals surface area contributed by atoms with E-state index in [0.717, 1.165) is 4.57 Å². The van der Waals surface area contributed by atoms with Crippen LogP contribution in [0.5, 0.6) is 0 Å². The molecule has 1 aromatic heterocycles. The minimum absolute atomic E-state index is 0.123. The van der Waals surface area contributed by atoms with E-state index in [4.69, 9.17) is 0 Å². The quantitative estimate of drug-likeness (QED) is 0.720. The molecule has 1 aromatic carbocycles. The lowest BCUT2D eigenvalue weighted by Crippen LogP contribution is -2.62. The predicted molar refractivity (Wildman–Crippen MR) is 92.1 cm³/mol. The summed E-state index contributed by atoms with van der Waals surface area (Å²) in [5.41, 5.74) is -7.02. The smallest absolute Gasteiger partial charge is 0.330 e. The van der Waals surface area contributed by atoms with E-state index < -0.39 is 46.2 Å². The second-order valence-corrected chi connectivity index (χ2v) is 6.15. The average Bonchev–Trinajstić information content (AvgIpc) is 2.89. The van der Waals surface area contributed by atoms with Crippen molar-refractivity contribution in [2.45, 2.75) is 31.5 Å². The van der Waals surface area contributed by atoms with Crippen LogP contribution in [0.2, 0.25) is 0 Å². The van der Waals surface area contributed by atoms with Gasteiger partial charge in [-0.25, -0.2) is 9.36 Å². The van der Waals surface area contributed by atoms with Crippen molar-refractivity contribution in [3.05, 3.63) is 56.7 Å². The molecule has 2 aromatic rings. The molecule has 0 saturated heterocycles. The molecule has 8 nitrogen and oxygen atoms in total. The van der Waals surface area contributed by atoms with Crippen LogP contribution in [0.3, 0.4) is 0 Å². The Morgan fingerprint density at radius 2 is 1.82 bits per heavy atom. The Morgan fingerprint density at radius 3 is 2.39 bits per heavy atom. The van der Waals surface area contributed by atoms with E-state index >= 15 is 0 Å². The van der Waals surface area contributed by atoms with Gasteiger partial charge in [-0.1, -0.05) is 25.1 Å². The van der Waals surface area contributed by atoms with Crippen LogP contribution < -0.4 is 21.9 Å². The van der Waals surface area contributed by atoms with Crippen LogP contribution in [-0.2, 0) is 15.1 Å². The van der Waals surface area contributed by atoms with Crippen LogP contribution in [0, 0.1) is 0 Å². The zero-order valence-electron chi connectivity index (χ0n) is 14.5. The number of H-pyrrole nitrogens is 1. The Labute approximate surface area is 155 Å². The SMILES string of the molecule is CCCC(=O)N[C@]1(C(F)(F)F)C(=O)Nc2c1c(=O)[nH]c(=O)n2-c1ccccc1. The molecular formula is C17H15F3N4O4. The molecule has 1 aliphatic rings. The summed E-state index contributed by atoms with van der Waals surface area (Å²) in [6.45, 7) is 1.57. The van der Waals surface area contributed by atoms with Crippen LogP contribution >= 0.6 is 0 Å². The van der Waals surface area contributed by atoms with Crippen molar-refractivity contribution in [1.29, 1.82) is 0 Å². The minimum atomic E-state index is -5.34. The molecule has 3 rings (SSSR count). The van der Waals surface area contributed by atoms with Gasteiger partial charge in [0.1, 0.15) is 11.4 Å². The molecule has 2 heterocycles. The van der Waals surface area contributed by atoms with Crippen molar-refractivity contribution < 1.29 is 22.8 Å². The highest BCUT2D eigenvalue weighted by atomic mass is 19.4. The summed E-state index contributed by atoms with van der Waals surface area (Å²) in [5, 5.41) is 3.63. The number of carbonyl (C=O) groups excluding carboxylic acids is 2. The van der Waals surface area contributed by atoms with Crippen LogP contribution in [0.25, 0.3) is 5.69 Å². The summed E-state index contributed by atoms with van der Waals surface area (Å²) in [7, 11) is 0. The van der Waals surface area contributed by atoms with Gasteiger partial charge in [-0.2, -0.15) is 13.2 Å². The van der Waals surface area contributed by atoms with E-state index in [1.165, 1.54) is 24.3 Å². The summed E-state index contributed by atoms with van der Waals surface area (Å²) in [6.07, 6.45) is -5.39. The number of aromatic nitrogens is 2. The molecule has 0 fully saturated rings. The molecule has 1 aliphatic heterocycles. The maximum Gasteiger partial charge on any atom is 0.425 e. The number of hydrogen-bond acceptors (Lipinski definition) is 4. The molecule has 28 heavy (non-hydrogen) atoms. The number of nitrogens with one attached hydrogen (secondary N) is 3. The summed E-state index contributed by atoms with van der Waals surface area (Å²) in [6, 6.07) is 7.49. The molecule has 11 heteroatoms. The highest BCUT2D eigenvalue weighted by Gasteiger charge is 2.68. The highest BCUT2D eigenvalue weighted by Crippen LogP contribution is 2.45. The first kappa shape index (κ1) is 19.4. The molecule has 0 spiro atoms. The number of amides is 2. The van der Waals surface area contributed by atoms with Crippen molar-refractivity contribution in [2.24, 2.45) is 0 Å². The molecule has 0 saturated carbocycles. The van der Waals surface area contributed by atoms with Gasteiger partial charge in [0.15, 0.2) is 0 Å². The van der Waals surface area contributed by atoms with Gasteiger partial charge in [0.2, 0.25) is 11.4 Å². The number of anilines is 1. The number of hydrogen-bond donors (Lipinski definition) is 3. The van der Waals surface area contributed by atoms with Crippen molar-refractivity contribution in [1.82, 2.24) is 14.9 Å². The lowest BCUT2D eigenvalue weighted by Gasteiger charge is -2.30. The Hall–Kier alpha value is -3.37. The monoisotopic (exact) mass is 396 g/mol. The largest absolute Gasteiger partial charge is 0.425 e. The molecular weight excluding hydrogens is 381 g/mol. The molecule has 0 radical (unpaired) electrons. The van der Waals surface area contributed by atoms with Gasteiger partial charge >= 0.3 is 11.9 Å². The van der Waals surface area contributed by atoms with E-state index in [1.807, 2.05) is 5.32 Å². The molecule has 148 valence electrons. The van der Waals surface area contributed by atoms with Gasteiger partial charge in [-0.05, 0) is 18.6 Å². The predicted octanol–water partition coefficient (Wildman–Crippen LogP) is 1.15. The topological polar surface area (TPSA) is 113 Å². The lowest BCUT2D eigenvalue weighted by molar-refractivity contribution is -0.200. The fourth-order valence-electron chi connectivity index (χ4n) is 3.10. The highest BCUT2D eigenvalue weighted by molar-refractivity contribution is 6.07. The number of benzene rings is 1. The van der Waals surface area contributed by atoms with E-state index in [1.54, 1.807) is 23.3 Å². The van der Waals surface area contributed by atoms with Crippen molar-refractivity contribution in [3.63, 3.8) is 0 Å². The maximum atomic E-state index is 14.0. The third-order valence-corrected chi connectivity index (χ3v) is 4.30. The first-order chi connectivity index (χ1) is 13.1. The number of carbonyl (C=O) groups is 2. The van der Waals surface area contributed by atoms with Crippen LogP contribution in [0.4, 0.5) is 19.0 Å². The molecule has 0 unspecified atom stereocenters. The standard InChI is InChI=1S/C17H15F3N4O4/c1-2-6-10(25)23-16(17(18,19)20)11-12(21-14(16)27)24(15(28)22-13(11)26)9-7-4-3-5-8-9/h3-5,7-8H,2,6H2,1H3,(H,21,27)(H,23,25)(H,22,26,28)/t16-/m0/s1. The maximum absolute atomic E-state index is 14.0. The van der Waals surface area contributed by atoms with Crippen LogP contribution in [-0.4, -0.2) is 27.5 Å². The van der Waals surface area contributed by atoms with E-state index in [9.17, 15) is 32.3 Å². The molecule has 2 amide bonds. The number of aromatic amines is 1. The van der Waals surface area contributed by atoms with Gasteiger partial charge in [0, 0.05) is 6.42 Å². The van der Waals surface area contributed by atoms with Crippen LogP contribution in [0.1, 0.15) is 25.3 Å². The number of nitrogens with zero attached hydrogens (tertiary/aromatic N) is 1. The summed E-state index contributed by atoms with van der Waals surface area (Å²) in [5.74, 6) is -3.36. The average molecular weight is 396 g/mol. The van der Waals surface area contributed by atoms with Gasteiger partial charge in [-0.15, -0.1) is 0 Å². The second kappa shape index (κ2) is 6.66. The molecule has 1 atom stereocenters. The third-order valence-electron chi connectivity index (χ3n) is 4.30. The normalized spacial score (nSPS) is 18.5. The number of rotatable bonds is 4. The van der Waals surface area contributed by atoms with Crippen LogP contribution in [0.15, 0.2) is 39.9 Å². The number of fused-ring (bicyclic) bond motifs is 1. The Kier molecular flexibility index (Phi) is 4.61. The fourth-order valence-corrected chi connectivity index (χ4v) is 3.10. The first-order valence-corrected chi connectivity index (χ1v) is 8.28. The number of para-hydroxylation sites is 1. The number of halogens is 3. The van der Waals surface area contributed by atoms with E-state index in [2.05, 4.69) is 0 Å². The Bertz CT molecular complexity index is 1060. The van der Waals surface area contributed by atoms with Crippen molar-refractivity contribution in [2.75, 3.05) is 5.32 Å². The van der Waals surface area contributed by atoms with E-state index in [-0.39, 0.29) is 18.5 Å². The number of alkyl halides is 3. The lowest BCUT2D eigenvalue weighted by atomic mass is 9.91. The molecule has 0 bridgehead atoms. The summed E-state index contributed by atoms with van der Waals surface area (Å²) >= 11 is 0. The molecule has 3 N–H and O–H groups in total. The Balaban J connectivity index is 2.35. The van der Waals surface area contributed by atoms with Gasteiger partial charge < -0.3 is 10.6 Å². The summed E-state index contributed by atoms with van der Waals surface area (Å²) in [4.78, 5) is 50.9. The zero-order valence-corrected chi connectivity index (χ0v) is 14.5. The third kappa shape index (κ3) is 2.79. The van der Waals surface area contributed by atoms with Crippen molar-refractivity contribution >= 4 is 17.6 Å².